The van der Waals surface area contributed by atoms with E-state index < -0.39 is 10.0 Å². The van der Waals surface area contributed by atoms with Crippen molar-refractivity contribution < 1.29 is 13.6 Å². The second-order valence-corrected chi connectivity index (χ2v) is 6.25. The molecule has 0 unspecified atom stereocenters. The van der Waals surface area contributed by atoms with Crippen LogP contribution in [-0.2, 0) is 10.0 Å². The molecular formula is C9H18N2O3S. The first-order chi connectivity index (χ1) is 6.95. The summed E-state index contributed by atoms with van der Waals surface area (Å²) in [5.41, 5.74) is 0.686. The van der Waals surface area contributed by atoms with E-state index in [4.69, 9.17) is 5.21 Å². The second-order valence-electron chi connectivity index (χ2n) is 4.24. The van der Waals surface area contributed by atoms with Crippen LogP contribution in [0.3, 0.4) is 0 Å². The molecule has 0 saturated carbocycles. The largest absolute Gasteiger partial charge is 0.411 e. The quantitative estimate of drug-likeness (QED) is 0.582. The van der Waals surface area contributed by atoms with Crippen LogP contribution in [0.25, 0.3) is 0 Å². The van der Waals surface area contributed by atoms with Crippen LogP contribution in [0.1, 0.15) is 26.7 Å². The summed E-state index contributed by atoms with van der Waals surface area (Å²) in [5, 5.41) is 11.7. The Morgan fingerprint density at radius 1 is 1.40 bits per heavy atom. The lowest BCUT2D eigenvalue weighted by Crippen LogP contribution is -2.40. The van der Waals surface area contributed by atoms with Crippen molar-refractivity contribution in [2.24, 2.45) is 11.1 Å². The van der Waals surface area contributed by atoms with Gasteiger partial charge in [-0.1, -0.05) is 19.0 Å². The number of nitrogens with zero attached hydrogens (tertiary/aromatic N) is 2. The first-order valence-electron chi connectivity index (χ1n) is 5.13. The molecule has 1 aliphatic heterocycles. The Kier molecular flexibility index (Phi) is 4.10. The highest BCUT2D eigenvalue weighted by Crippen LogP contribution is 2.14. The van der Waals surface area contributed by atoms with E-state index >= 15 is 0 Å². The zero-order valence-electron chi connectivity index (χ0n) is 9.18. The zero-order valence-corrected chi connectivity index (χ0v) is 10.00. The van der Waals surface area contributed by atoms with Crippen molar-refractivity contribution in [2.75, 3.05) is 18.8 Å². The monoisotopic (exact) mass is 234 g/mol. The highest BCUT2D eigenvalue weighted by molar-refractivity contribution is 7.89. The Morgan fingerprint density at radius 3 is 2.33 bits per heavy atom. The Morgan fingerprint density at radius 2 is 1.93 bits per heavy atom. The van der Waals surface area contributed by atoms with Gasteiger partial charge in [0.1, 0.15) is 0 Å². The summed E-state index contributed by atoms with van der Waals surface area (Å²) >= 11 is 0. The predicted octanol–water partition coefficient (Wildman–Crippen LogP) is 0.898. The standard InChI is InChI=1S/C9H18N2O3S/c1-8(2)7-15(13,14)11-5-3-9(10-12)4-6-11/h8,12H,3-7H2,1-2H3. The SMILES string of the molecule is CC(C)CS(=O)(=O)N1CCC(=NO)CC1. The van der Waals surface area contributed by atoms with Gasteiger partial charge in [-0.15, -0.1) is 0 Å². The third-order valence-corrected chi connectivity index (χ3v) is 4.62. The summed E-state index contributed by atoms with van der Waals surface area (Å²) in [6.07, 6.45) is 1.07. The van der Waals surface area contributed by atoms with Crippen LogP contribution in [0.5, 0.6) is 0 Å². The van der Waals surface area contributed by atoms with E-state index in [1.807, 2.05) is 13.8 Å². The number of sulfonamides is 1. The molecule has 0 spiro atoms. The molecule has 5 nitrogen and oxygen atoms in total. The average molecular weight is 234 g/mol. The summed E-state index contributed by atoms with van der Waals surface area (Å²) in [4.78, 5) is 0. The third-order valence-electron chi connectivity index (χ3n) is 2.38. The first-order valence-corrected chi connectivity index (χ1v) is 6.74. The fourth-order valence-corrected chi connectivity index (χ4v) is 3.44. The topological polar surface area (TPSA) is 70.0 Å². The van der Waals surface area contributed by atoms with Crippen molar-refractivity contribution in [3.05, 3.63) is 0 Å². The van der Waals surface area contributed by atoms with Gasteiger partial charge in [0.2, 0.25) is 10.0 Å². The van der Waals surface area contributed by atoms with E-state index in [1.165, 1.54) is 4.31 Å². The molecule has 6 heteroatoms. The van der Waals surface area contributed by atoms with E-state index in [-0.39, 0.29) is 11.7 Å². The highest BCUT2D eigenvalue weighted by atomic mass is 32.2. The van der Waals surface area contributed by atoms with Crippen LogP contribution < -0.4 is 0 Å². The molecule has 15 heavy (non-hydrogen) atoms. The molecule has 1 rings (SSSR count). The van der Waals surface area contributed by atoms with Crippen molar-refractivity contribution in [1.29, 1.82) is 0 Å². The highest BCUT2D eigenvalue weighted by Gasteiger charge is 2.26. The first kappa shape index (κ1) is 12.4. The minimum absolute atomic E-state index is 0.142. The van der Waals surface area contributed by atoms with E-state index in [0.717, 1.165) is 0 Å². The van der Waals surface area contributed by atoms with Crippen LogP contribution in [0.2, 0.25) is 0 Å². The number of rotatable bonds is 3. The fraction of sp³-hybridized carbons (Fsp3) is 0.889. The van der Waals surface area contributed by atoms with Crippen LogP contribution in [0.4, 0.5) is 0 Å². The summed E-state index contributed by atoms with van der Waals surface area (Å²) < 4.78 is 25.1. The van der Waals surface area contributed by atoms with Crippen molar-refractivity contribution >= 4 is 15.7 Å². The molecule has 0 bridgehead atoms. The summed E-state index contributed by atoms with van der Waals surface area (Å²) in [7, 11) is -3.12. The van der Waals surface area contributed by atoms with Gasteiger partial charge in [-0.25, -0.2) is 12.7 Å². The van der Waals surface area contributed by atoms with Crippen molar-refractivity contribution in [2.45, 2.75) is 26.7 Å². The van der Waals surface area contributed by atoms with Gasteiger partial charge < -0.3 is 5.21 Å². The van der Waals surface area contributed by atoms with Gasteiger partial charge in [0.05, 0.1) is 11.5 Å². The summed E-state index contributed by atoms with van der Waals surface area (Å²) in [6.45, 7) is 4.66. The van der Waals surface area contributed by atoms with Crippen LogP contribution >= 0.6 is 0 Å². The fourth-order valence-electron chi connectivity index (χ4n) is 1.65. The molecule has 0 atom stereocenters. The van der Waals surface area contributed by atoms with Crippen LogP contribution in [0.15, 0.2) is 5.16 Å². The Labute approximate surface area is 90.8 Å². The lowest BCUT2D eigenvalue weighted by Gasteiger charge is -2.27. The molecule has 0 aromatic heterocycles. The van der Waals surface area contributed by atoms with Gasteiger partial charge in [-0.3, -0.25) is 0 Å². The molecule has 0 radical (unpaired) electrons. The van der Waals surface area contributed by atoms with Crippen molar-refractivity contribution in [1.82, 2.24) is 4.31 Å². The zero-order chi connectivity index (χ0) is 11.5. The molecule has 1 saturated heterocycles. The minimum atomic E-state index is -3.12. The normalized spacial score (nSPS) is 19.5. The Balaban J connectivity index is 2.60. The molecule has 0 aromatic carbocycles. The van der Waals surface area contributed by atoms with Gasteiger partial charge in [0, 0.05) is 25.9 Å². The van der Waals surface area contributed by atoms with E-state index in [9.17, 15) is 8.42 Å². The number of hydrogen-bond acceptors (Lipinski definition) is 4. The Bertz CT molecular complexity index is 325. The third kappa shape index (κ3) is 3.46. The number of hydrogen-bond donors (Lipinski definition) is 1. The van der Waals surface area contributed by atoms with E-state index in [2.05, 4.69) is 5.16 Å². The summed E-state index contributed by atoms with van der Waals surface area (Å²) in [6, 6.07) is 0. The van der Waals surface area contributed by atoms with E-state index in [0.29, 0.717) is 31.6 Å². The molecule has 1 heterocycles. The van der Waals surface area contributed by atoms with Crippen LogP contribution in [0, 0.1) is 5.92 Å². The predicted molar refractivity (Wildman–Crippen MR) is 58.7 cm³/mol. The van der Waals surface area contributed by atoms with Crippen LogP contribution in [-0.4, -0.2) is 42.5 Å². The molecular weight excluding hydrogens is 216 g/mol. The number of piperidine rings is 1. The van der Waals surface area contributed by atoms with Crippen molar-refractivity contribution in [3.8, 4) is 0 Å². The average Bonchev–Trinajstić information content (AvgIpc) is 2.16. The van der Waals surface area contributed by atoms with Gasteiger partial charge in [0.15, 0.2) is 0 Å². The minimum Gasteiger partial charge on any atom is -0.411 e. The maximum Gasteiger partial charge on any atom is 0.214 e. The molecule has 1 fully saturated rings. The van der Waals surface area contributed by atoms with Gasteiger partial charge in [-0.2, -0.15) is 0 Å². The summed E-state index contributed by atoms with van der Waals surface area (Å²) in [5.74, 6) is 0.335. The maximum absolute atomic E-state index is 11.8. The lowest BCUT2D eigenvalue weighted by molar-refractivity contribution is 0.309. The van der Waals surface area contributed by atoms with E-state index in [1.54, 1.807) is 0 Å². The molecule has 88 valence electrons. The molecule has 1 N–H and O–H groups in total. The lowest BCUT2D eigenvalue weighted by atomic mass is 10.1. The maximum atomic E-state index is 11.8. The molecule has 0 amide bonds. The molecule has 0 aromatic rings. The van der Waals surface area contributed by atoms with Gasteiger partial charge in [0.25, 0.3) is 0 Å². The van der Waals surface area contributed by atoms with Gasteiger partial charge >= 0.3 is 0 Å². The van der Waals surface area contributed by atoms with Gasteiger partial charge in [-0.05, 0) is 5.92 Å². The smallest absolute Gasteiger partial charge is 0.214 e. The second kappa shape index (κ2) is 4.94. The number of oxime groups is 1. The Hall–Kier alpha value is -0.620. The van der Waals surface area contributed by atoms with Crippen molar-refractivity contribution in [3.63, 3.8) is 0 Å². The molecule has 0 aliphatic carbocycles. The molecule has 1 aliphatic rings.